The van der Waals surface area contributed by atoms with Crippen LogP contribution in [0.1, 0.15) is 44.2 Å². The Morgan fingerprint density at radius 3 is 1.81 bits per heavy atom. The molecule has 2 unspecified atom stereocenters. The van der Waals surface area contributed by atoms with Gasteiger partial charge < -0.3 is 9.64 Å². The molecular formula is C23H29NO3. The van der Waals surface area contributed by atoms with Gasteiger partial charge >= 0.3 is 5.97 Å². The van der Waals surface area contributed by atoms with E-state index in [1.165, 1.54) is 7.11 Å². The van der Waals surface area contributed by atoms with E-state index in [4.69, 9.17) is 4.74 Å². The quantitative estimate of drug-likeness (QED) is 0.655. The Kier molecular flexibility index (Phi) is 7.59. The topological polar surface area (TPSA) is 46.6 Å². The lowest BCUT2D eigenvalue weighted by atomic mass is 9.89. The molecule has 0 aliphatic heterocycles. The SMILES string of the molecule is CCC(C)N(CC(C)C(=O)OC)C(=O)C(c1ccccc1)c1ccccc1. The zero-order chi connectivity index (χ0) is 19.8. The normalized spacial score (nSPS) is 13.1. The average Bonchev–Trinajstić information content (AvgIpc) is 2.72. The van der Waals surface area contributed by atoms with Crippen LogP contribution in [0.25, 0.3) is 0 Å². The number of carbonyl (C=O) groups excluding carboxylic acids is 2. The molecule has 2 atom stereocenters. The van der Waals surface area contributed by atoms with Crippen molar-refractivity contribution < 1.29 is 14.3 Å². The first-order valence-corrected chi connectivity index (χ1v) is 9.47. The van der Waals surface area contributed by atoms with Crippen LogP contribution in [0.2, 0.25) is 0 Å². The van der Waals surface area contributed by atoms with E-state index in [1.807, 2.05) is 79.4 Å². The fraction of sp³-hybridized carbons (Fsp3) is 0.391. The number of carbonyl (C=O) groups is 2. The standard InChI is InChI=1S/C23H29NO3/c1-5-18(3)24(16-17(2)23(26)27-4)22(25)21(19-12-8-6-9-13-19)20-14-10-7-11-15-20/h6-15,17-18,21H,5,16H2,1-4H3. The maximum absolute atomic E-state index is 13.7. The molecule has 2 rings (SSSR count). The van der Waals surface area contributed by atoms with Crippen molar-refractivity contribution in [3.05, 3.63) is 71.8 Å². The summed E-state index contributed by atoms with van der Waals surface area (Å²) in [6, 6.07) is 19.6. The molecule has 2 aromatic carbocycles. The van der Waals surface area contributed by atoms with Gasteiger partial charge in [0.15, 0.2) is 0 Å². The van der Waals surface area contributed by atoms with Gasteiger partial charge in [-0.2, -0.15) is 0 Å². The van der Waals surface area contributed by atoms with E-state index < -0.39 is 5.92 Å². The highest BCUT2D eigenvalue weighted by Crippen LogP contribution is 2.28. The molecule has 0 heterocycles. The minimum absolute atomic E-state index is 0.0116. The van der Waals surface area contributed by atoms with Crippen LogP contribution in [0.5, 0.6) is 0 Å². The van der Waals surface area contributed by atoms with Gasteiger partial charge in [0.1, 0.15) is 0 Å². The molecule has 0 saturated carbocycles. The number of rotatable bonds is 8. The fourth-order valence-electron chi connectivity index (χ4n) is 3.21. The van der Waals surface area contributed by atoms with Gasteiger partial charge in [-0.3, -0.25) is 9.59 Å². The third-order valence-corrected chi connectivity index (χ3v) is 4.99. The maximum Gasteiger partial charge on any atom is 0.310 e. The second-order valence-corrected chi connectivity index (χ2v) is 6.93. The fourth-order valence-corrected chi connectivity index (χ4v) is 3.21. The van der Waals surface area contributed by atoms with Gasteiger partial charge in [0.25, 0.3) is 0 Å². The van der Waals surface area contributed by atoms with Gasteiger partial charge in [-0.05, 0) is 24.5 Å². The molecule has 27 heavy (non-hydrogen) atoms. The van der Waals surface area contributed by atoms with E-state index in [2.05, 4.69) is 0 Å². The van der Waals surface area contributed by atoms with Crippen molar-refractivity contribution >= 4 is 11.9 Å². The van der Waals surface area contributed by atoms with Gasteiger partial charge in [-0.15, -0.1) is 0 Å². The highest BCUT2D eigenvalue weighted by atomic mass is 16.5. The Hall–Kier alpha value is -2.62. The Morgan fingerprint density at radius 1 is 0.926 bits per heavy atom. The van der Waals surface area contributed by atoms with E-state index in [1.54, 1.807) is 6.92 Å². The summed E-state index contributed by atoms with van der Waals surface area (Å²) in [6.45, 7) is 6.22. The number of nitrogens with zero attached hydrogens (tertiary/aromatic N) is 1. The highest BCUT2D eigenvalue weighted by Gasteiger charge is 2.31. The Labute approximate surface area is 162 Å². The van der Waals surface area contributed by atoms with Crippen LogP contribution >= 0.6 is 0 Å². The first kappa shape index (κ1) is 20.7. The number of ether oxygens (including phenoxy) is 1. The van der Waals surface area contributed by atoms with Crippen molar-refractivity contribution in [3.8, 4) is 0 Å². The number of hydrogen-bond acceptors (Lipinski definition) is 3. The van der Waals surface area contributed by atoms with Crippen molar-refractivity contribution in [1.82, 2.24) is 4.90 Å². The number of esters is 1. The smallest absolute Gasteiger partial charge is 0.310 e. The Bertz CT molecular complexity index is 690. The van der Waals surface area contributed by atoms with Gasteiger partial charge in [0.05, 0.1) is 18.9 Å². The van der Waals surface area contributed by atoms with Crippen molar-refractivity contribution in [1.29, 1.82) is 0 Å². The number of benzene rings is 2. The lowest BCUT2D eigenvalue weighted by Crippen LogP contribution is -2.45. The van der Waals surface area contributed by atoms with Gasteiger partial charge in [0, 0.05) is 12.6 Å². The number of methoxy groups -OCH3 is 1. The maximum atomic E-state index is 13.7. The number of amides is 1. The van der Waals surface area contributed by atoms with Crippen LogP contribution in [0.4, 0.5) is 0 Å². The molecule has 0 bridgehead atoms. The predicted molar refractivity (Wildman–Crippen MR) is 107 cm³/mol. The van der Waals surface area contributed by atoms with Crippen molar-refractivity contribution in [2.45, 2.75) is 39.2 Å². The minimum atomic E-state index is -0.397. The molecule has 0 fully saturated rings. The van der Waals surface area contributed by atoms with E-state index in [9.17, 15) is 9.59 Å². The summed E-state index contributed by atoms with van der Waals surface area (Å²) in [5.41, 5.74) is 1.90. The summed E-state index contributed by atoms with van der Waals surface area (Å²) >= 11 is 0. The third-order valence-electron chi connectivity index (χ3n) is 4.99. The zero-order valence-electron chi connectivity index (χ0n) is 16.6. The van der Waals surface area contributed by atoms with Crippen LogP contribution in [0.15, 0.2) is 60.7 Å². The third kappa shape index (κ3) is 5.19. The van der Waals surface area contributed by atoms with Crippen LogP contribution in [-0.2, 0) is 14.3 Å². The molecule has 4 heteroatoms. The molecule has 0 N–H and O–H groups in total. The Balaban J connectivity index is 2.42. The van der Waals surface area contributed by atoms with E-state index in [0.29, 0.717) is 6.54 Å². The molecular weight excluding hydrogens is 338 g/mol. The molecule has 0 saturated heterocycles. The molecule has 0 radical (unpaired) electrons. The average molecular weight is 367 g/mol. The minimum Gasteiger partial charge on any atom is -0.469 e. The molecule has 0 aromatic heterocycles. The van der Waals surface area contributed by atoms with E-state index in [0.717, 1.165) is 17.5 Å². The second-order valence-electron chi connectivity index (χ2n) is 6.93. The van der Waals surface area contributed by atoms with Gasteiger partial charge in [0.2, 0.25) is 5.91 Å². The molecule has 2 aromatic rings. The van der Waals surface area contributed by atoms with Crippen LogP contribution in [0.3, 0.4) is 0 Å². The van der Waals surface area contributed by atoms with Crippen LogP contribution < -0.4 is 0 Å². The molecule has 1 amide bonds. The molecule has 0 aliphatic carbocycles. The van der Waals surface area contributed by atoms with E-state index >= 15 is 0 Å². The summed E-state index contributed by atoms with van der Waals surface area (Å²) < 4.78 is 4.86. The molecule has 0 spiro atoms. The van der Waals surface area contributed by atoms with Crippen molar-refractivity contribution in [2.75, 3.05) is 13.7 Å². The summed E-state index contributed by atoms with van der Waals surface area (Å²) in [5, 5.41) is 0. The predicted octanol–water partition coefficient (Wildman–Crippen LogP) is 4.25. The van der Waals surface area contributed by atoms with Gasteiger partial charge in [-0.1, -0.05) is 74.5 Å². The summed E-state index contributed by atoms with van der Waals surface area (Å²) in [5.74, 6) is -1.06. The first-order valence-electron chi connectivity index (χ1n) is 9.47. The lowest BCUT2D eigenvalue weighted by molar-refractivity contribution is -0.147. The molecule has 144 valence electrons. The van der Waals surface area contributed by atoms with Crippen molar-refractivity contribution in [3.63, 3.8) is 0 Å². The lowest BCUT2D eigenvalue weighted by Gasteiger charge is -2.34. The van der Waals surface area contributed by atoms with Crippen LogP contribution in [-0.4, -0.2) is 36.5 Å². The summed E-state index contributed by atoms with van der Waals surface area (Å²) in [7, 11) is 1.38. The van der Waals surface area contributed by atoms with Crippen LogP contribution in [0, 0.1) is 5.92 Å². The van der Waals surface area contributed by atoms with Gasteiger partial charge in [-0.25, -0.2) is 0 Å². The van der Waals surface area contributed by atoms with E-state index in [-0.39, 0.29) is 23.8 Å². The zero-order valence-corrected chi connectivity index (χ0v) is 16.6. The molecule has 4 nitrogen and oxygen atoms in total. The monoisotopic (exact) mass is 367 g/mol. The summed E-state index contributed by atoms with van der Waals surface area (Å²) in [4.78, 5) is 27.4. The Morgan fingerprint density at radius 2 is 1.41 bits per heavy atom. The largest absolute Gasteiger partial charge is 0.469 e. The molecule has 0 aliphatic rings. The highest BCUT2D eigenvalue weighted by molar-refractivity contribution is 5.88. The first-order chi connectivity index (χ1) is 13.0. The second kappa shape index (κ2) is 9.91. The summed E-state index contributed by atoms with van der Waals surface area (Å²) in [6.07, 6.45) is 0.815. The number of hydrogen-bond donors (Lipinski definition) is 0. The van der Waals surface area contributed by atoms with Crippen molar-refractivity contribution in [2.24, 2.45) is 5.92 Å².